The van der Waals surface area contributed by atoms with E-state index in [9.17, 15) is 4.79 Å². The zero-order valence-electron chi connectivity index (χ0n) is 15.3. The van der Waals surface area contributed by atoms with Gasteiger partial charge in [-0.3, -0.25) is 4.79 Å². The van der Waals surface area contributed by atoms with E-state index in [2.05, 4.69) is 47.3 Å². The topological polar surface area (TPSA) is 58.1 Å². The Kier molecular flexibility index (Phi) is 5.31. The summed E-state index contributed by atoms with van der Waals surface area (Å²) in [7, 11) is 0. The fourth-order valence-corrected chi connectivity index (χ4v) is 3.33. The van der Waals surface area contributed by atoms with Gasteiger partial charge in [-0.05, 0) is 50.7 Å². The van der Waals surface area contributed by atoms with E-state index in [1.165, 1.54) is 17.5 Å². The lowest BCUT2D eigenvalue weighted by Gasteiger charge is -2.26. The Bertz CT molecular complexity index is 766. The minimum absolute atomic E-state index is 0.00810. The van der Waals surface area contributed by atoms with E-state index in [0.29, 0.717) is 17.3 Å². The summed E-state index contributed by atoms with van der Waals surface area (Å²) < 4.78 is 0. The fourth-order valence-electron chi connectivity index (χ4n) is 3.33. The van der Waals surface area contributed by atoms with Gasteiger partial charge in [0, 0.05) is 24.8 Å². The number of rotatable bonds is 4. The van der Waals surface area contributed by atoms with E-state index in [4.69, 9.17) is 0 Å². The van der Waals surface area contributed by atoms with Gasteiger partial charge in [0.05, 0.1) is 0 Å². The predicted molar refractivity (Wildman–Crippen MR) is 100 cm³/mol. The van der Waals surface area contributed by atoms with Crippen LogP contribution in [-0.4, -0.2) is 33.9 Å². The van der Waals surface area contributed by atoms with Crippen LogP contribution in [0.25, 0.3) is 0 Å². The lowest BCUT2D eigenvalue weighted by molar-refractivity contribution is 0.0718. The number of likely N-dealkylation sites (tertiary alicyclic amines) is 1. The second kappa shape index (κ2) is 7.64. The number of hydrogen-bond acceptors (Lipinski definition) is 4. The fraction of sp³-hybridized carbons (Fsp3) is 0.450. The quantitative estimate of drug-likeness (QED) is 0.914. The summed E-state index contributed by atoms with van der Waals surface area (Å²) in [5, 5.41) is 3.41. The maximum atomic E-state index is 12.8. The summed E-state index contributed by atoms with van der Waals surface area (Å²) in [5.41, 5.74) is 3.95. The van der Waals surface area contributed by atoms with Gasteiger partial charge in [0.1, 0.15) is 17.3 Å². The molecule has 0 spiro atoms. The summed E-state index contributed by atoms with van der Waals surface area (Å²) in [4.78, 5) is 23.5. The van der Waals surface area contributed by atoms with Crippen molar-refractivity contribution < 1.29 is 4.79 Å². The van der Waals surface area contributed by atoms with Crippen LogP contribution in [-0.2, 0) is 6.42 Å². The molecule has 0 radical (unpaired) electrons. The standard InChI is InChI=1S/C20H26N4O/c1-4-16-10-8-9-14(2)19(16)23-18-13-17(21-15(3)22-18)20(25)24-11-6-5-7-12-24/h8-10,13H,4-7,11-12H2,1-3H3,(H,21,22,23). The number of benzene rings is 1. The van der Waals surface area contributed by atoms with Crippen LogP contribution >= 0.6 is 0 Å². The molecule has 0 bridgehead atoms. The Morgan fingerprint density at radius 1 is 1.16 bits per heavy atom. The highest BCUT2D eigenvalue weighted by atomic mass is 16.2. The maximum absolute atomic E-state index is 12.8. The molecule has 1 amide bonds. The first-order valence-electron chi connectivity index (χ1n) is 9.09. The van der Waals surface area contributed by atoms with Crippen molar-refractivity contribution in [2.24, 2.45) is 0 Å². The summed E-state index contributed by atoms with van der Waals surface area (Å²) in [6.07, 6.45) is 4.29. The zero-order chi connectivity index (χ0) is 17.8. The predicted octanol–water partition coefficient (Wildman–Crippen LogP) is 4.03. The molecule has 0 atom stereocenters. The minimum Gasteiger partial charge on any atom is -0.340 e. The monoisotopic (exact) mass is 338 g/mol. The lowest BCUT2D eigenvalue weighted by atomic mass is 10.1. The number of nitrogens with zero attached hydrogens (tertiary/aromatic N) is 3. The van der Waals surface area contributed by atoms with Crippen LogP contribution in [0.5, 0.6) is 0 Å². The molecule has 1 aromatic heterocycles. The zero-order valence-corrected chi connectivity index (χ0v) is 15.3. The first-order chi connectivity index (χ1) is 12.1. The van der Waals surface area contributed by atoms with Crippen molar-refractivity contribution in [3.63, 3.8) is 0 Å². The second-order valence-corrected chi connectivity index (χ2v) is 6.63. The highest BCUT2D eigenvalue weighted by Crippen LogP contribution is 2.25. The molecule has 0 aliphatic carbocycles. The molecule has 5 nitrogen and oxygen atoms in total. The number of piperidine rings is 1. The number of anilines is 2. The van der Waals surface area contributed by atoms with Crippen molar-refractivity contribution >= 4 is 17.4 Å². The SMILES string of the molecule is CCc1cccc(C)c1Nc1cc(C(=O)N2CCCCC2)nc(C)n1. The smallest absolute Gasteiger partial charge is 0.272 e. The average Bonchev–Trinajstić information content (AvgIpc) is 2.63. The highest BCUT2D eigenvalue weighted by Gasteiger charge is 2.20. The lowest BCUT2D eigenvalue weighted by Crippen LogP contribution is -2.36. The van der Waals surface area contributed by atoms with Gasteiger partial charge in [-0.15, -0.1) is 0 Å². The van der Waals surface area contributed by atoms with Crippen molar-refractivity contribution in [1.82, 2.24) is 14.9 Å². The van der Waals surface area contributed by atoms with E-state index < -0.39 is 0 Å². The molecule has 5 heteroatoms. The molecule has 25 heavy (non-hydrogen) atoms. The third kappa shape index (κ3) is 3.98. The largest absolute Gasteiger partial charge is 0.340 e. The average molecular weight is 338 g/mol. The molecular weight excluding hydrogens is 312 g/mol. The number of carbonyl (C=O) groups excluding carboxylic acids is 1. The number of para-hydroxylation sites is 1. The molecule has 132 valence electrons. The molecule has 1 saturated heterocycles. The molecule has 1 aliphatic rings. The van der Waals surface area contributed by atoms with Crippen LogP contribution < -0.4 is 5.32 Å². The van der Waals surface area contributed by atoms with Crippen LogP contribution in [0.2, 0.25) is 0 Å². The Hall–Kier alpha value is -2.43. The van der Waals surface area contributed by atoms with Crippen molar-refractivity contribution in [3.8, 4) is 0 Å². The van der Waals surface area contributed by atoms with Crippen molar-refractivity contribution in [3.05, 3.63) is 46.9 Å². The molecule has 0 saturated carbocycles. The summed E-state index contributed by atoms with van der Waals surface area (Å²) >= 11 is 0. The number of amides is 1. The van der Waals surface area contributed by atoms with Gasteiger partial charge in [-0.2, -0.15) is 0 Å². The van der Waals surface area contributed by atoms with Gasteiger partial charge >= 0.3 is 0 Å². The third-order valence-corrected chi connectivity index (χ3v) is 4.69. The molecule has 2 aromatic rings. The van der Waals surface area contributed by atoms with Gasteiger partial charge in [0.2, 0.25) is 0 Å². The van der Waals surface area contributed by atoms with Gasteiger partial charge < -0.3 is 10.2 Å². The molecule has 0 unspecified atom stereocenters. The number of aromatic nitrogens is 2. The Balaban J connectivity index is 1.88. The maximum Gasteiger partial charge on any atom is 0.272 e. The Morgan fingerprint density at radius 3 is 2.64 bits per heavy atom. The van der Waals surface area contributed by atoms with E-state index in [1.54, 1.807) is 6.07 Å². The van der Waals surface area contributed by atoms with Crippen molar-refractivity contribution in [1.29, 1.82) is 0 Å². The van der Waals surface area contributed by atoms with Crippen LogP contribution in [0.15, 0.2) is 24.3 Å². The normalized spacial score (nSPS) is 14.4. The van der Waals surface area contributed by atoms with E-state index >= 15 is 0 Å². The summed E-state index contributed by atoms with van der Waals surface area (Å²) in [5.74, 6) is 1.29. The first kappa shape index (κ1) is 17.4. The van der Waals surface area contributed by atoms with Crippen LogP contribution in [0, 0.1) is 13.8 Å². The second-order valence-electron chi connectivity index (χ2n) is 6.63. The third-order valence-electron chi connectivity index (χ3n) is 4.69. The number of hydrogen-bond donors (Lipinski definition) is 1. The Labute approximate surface area is 149 Å². The molecule has 1 fully saturated rings. The van der Waals surface area contributed by atoms with Gasteiger partial charge in [0.15, 0.2) is 0 Å². The molecule has 1 aromatic carbocycles. The van der Waals surface area contributed by atoms with Crippen LogP contribution in [0.4, 0.5) is 11.5 Å². The van der Waals surface area contributed by atoms with Gasteiger partial charge in [-0.25, -0.2) is 9.97 Å². The Morgan fingerprint density at radius 2 is 1.92 bits per heavy atom. The minimum atomic E-state index is 0.00810. The molecule has 1 N–H and O–H groups in total. The first-order valence-corrected chi connectivity index (χ1v) is 9.09. The number of carbonyl (C=O) groups is 1. The van der Waals surface area contributed by atoms with E-state index in [0.717, 1.165) is 38.0 Å². The van der Waals surface area contributed by atoms with Crippen LogP contribution in [0.1, 0.15) is 53.6 Å². The molecule has 2 heterocycles. The van der Waals surface area contributed by atoms with E-state index in [-0.39, 0.29) is 5.91 Å². The van der Waals surface area contributed by atoms with Crippen molar-refractivity contribution in [2.75, 3.05) is 18.4 Å². The summed E-state index contributed by atoms with van der Waals surface area (Å²) in [6, 6.07) is 8.03. The van der Waals surface area contributed by atoms with E-state index in [1.807, 2.05) is 11.8 Å². The van der Waals surface area contributed by atoms with Crippen LogP contribution in [0.3, 0.4) is 0 Å². The summed E-state index contributed by atoms with van der Waals surface area (Å²) in [6.45, 7) is 7.69. The molecule has 3 rings (SSSR count). The van der Waals surface area contributed by atoms with Gasteiger partial charge in [0.25, 0.3) is 5.91 Å². The highest BCUT2D eigenvalue weighted by molar-refractivity contribution is 5.93. The van der Waals surface area contributed by atoms with Crippen molar-refractivity contribution in [2.45, 2.75) is 46.5 Å². The number of aryl methyl sites for hydroxylation is 3. The molecule has 1 aliphatic heterocycles. The molecular formula is C20H26N4O. The number of nitrogens with one attached hydrogen (secondary N) is 1. The van der Waals surface area contributed by atoms with Gasteiger partial charge in [-0.1, -0.05) is 25.1 Å².